The van der Waals surface area contributed by atoms with Crippen LogP contribution in [0.25, 0.3) is 0 Å². The minimum Gasteiger partial charge on any atom is -0.384 e. The van der Waals surface area contributed by atoms with Gasteiger partial charge in [0.1, 0.15) is 12.4 Å². The second-order valence-electron chi connectivity index (χ2n) is 5.56. The lowest BCUT2D eigenvalue weighted by Gasteiger charge is -2.13. The van der Waals surface area contributed by atoms with Gasteiger partial charge >= 0.3 is 0 Å². The number of hydrogen-bond acceptors (Lipinski definition) is 2. The van der Waals surface area contributed by atoms with Gasteiger partial charge in [-0.25, -0.2) is 4.39 Å². The van der Waals surface area contributed by atoms with Crippen LogP contribution in [0.2, 0.25) is 0 Å². The number of carbonyl (C=O) groups is 1. The van der Waals surface area contributed by atoms with Crippen molar-refractivity contribution in [3.63, 3.8) is 0 Å². The van der Waals surface area contributed by atoms with Crippen molar-refractivity contribution in [3.05, 3.63) is 29.6 Å². The minimum atomic E-state index is -0.410. The maximum absolute atomic E-state index is 13.2. The molecule has 0 saturated heterocycles. The van der Waals surface area contributed by atoms with Crippen LogP contribution in [0, 0.1) is 35.4 Å². The highest BCUT2D eigenvalue weighted by Crippen LogP contribution is 2.54. The third kappa shape index (κ3) is 2.68. The van der Waals surface area contributed by atoms with Crippen molar-refractivity contribution in [2.75, 3.05) is 11.9 Å². The zero-order valence-electron chi connectivity index (χ0n) is 11.0. The van der Waals surface area contributed by atoms with Crippen LogP contribution < -0.4 is 5.32 Å². The number of amides is 1. The van der Waals surface area contributed by atoms with Gasteiger partial charge in [0.2, 0.25) is 5.91 Å². The van der Waals surface area contributed by atoms with E-state index in [4.69, 9.17) is 5.11 Å². The maximum Gasteiger partial charge on any atom is 0.227 e. The largest absolute Gasteiger partial charge is 0.384 e. The lowest BCUT2D eigenvalue weighted by Crippen LogP contribution is -2.22. The van der Waals surface area contributed by atoms with Crippen molar-refractivity contribution in [2.24, 2.45) is 17.8 Å². The van der Waals surface area contributed by atoms with E-state index in [0.29, 0.717) is 11.3 Å². The smallest absolute Gasteiger partial charge is 0.227 e. The summed E-state index contributed by atoms with van der Waals surface area (Å²) in [5.74, 6) is 6.28. The summed E-state index contributed by atoms with van der Waals surface area (Å²) >= 11 is 0. The molecule has 2 N–H and O–H groups in total. The van der Waals surface area contributed by atoms with E-state index in [1.807, 2.05) is 0 Å². The SMILES string of the molecule is O=C(Nc1ccc(F)cc1C#CCO)C1CC2CC2C1. The lowest BCUT2D eigenvalue weighted by atomic mass is 10.0. The highest BCUT2D eigenvalue weighted by molar-refractivity contribution is 5.94. The normalized spacial score (nSPS) is 26.4. The van der Waals surface area contributed by atoms with Gasteiger partial charge in [-0.15, -0.1) is 0 Å². The monoisotopic (exact) mass is 273 g/mol. The predicted octanol–water partition coefficient (Wildman–Crippen LogP) is 2.15. The Hall–Kier alpha value is -1.86. The number of hydrogen-bond donors (Lipinski definition) is 2. The van der Waals surface area contributed by atoms with Crippen molar-refractivity contribution >= 4 is 11.6 Å². The standard InChI is InChI=1S/C16H16FNO2/c17-14-3-4-15(10(9-14)2-1-5-19)18-16(20)13-7-11-6-12(11)8-13/h3-4,9,11-13,19H,5-8H2,(H,18,20). The van der Waals surface area contributed by atoms with E-state index in [2.05, 4.69) is 17.2 Å². The number of rotatable bonds is 2. The molecule has 2 atom stereocenters. The molecule has 0 aromatic heterocycles. The number of nitrogens with one attached hydrogen (secondary N) is 1. The van der Waals surface area contributed by atoms with E-state index in [1.165, 1.54) is 24.6 Å². The molecule has 3 rings (SSSR count). The first kappa shape index (κ1) is 13.1. The fourth-order valence-corrected chi connectivity index (χ4v) is 3.03. The Morgan fingerprint density at radius 1 is 1.35 bits per heavy atom. The van der Waals surface area contributed by atoms with Crippen LogP contribution in [0.4, 0.5) is 10.1 Å². The lowest BCUT2D eigenvalue weighted by molar-refractivity contribution is -0.120. The summed E-state index contributed by atoms with van der Waals surface area (Å²) in [6, 6.07) is 4.08. The molecule has 1 aromatic rings. The molecule has 3 nitrogen and oxygen atoms in total. The van der Waals surface area contributed by atoms with Crippen molar-refractivity contribution < 1.29 is 14.3 Å². The fraction of sp³-hybridized carbons (Fsp3) is 0.438. The molecule has 2 saturated carbocycles. The quantitative estimate of drug-likeness (QED) is 0.811. The highest BCUT2D eigenvalue weighted by Gasteiger charge is 2.48. The van der Waals surface area contributed by atoms with E-state index in [1.54, 1.807) is 0 Å². The Bertz CT molecular complexity index is 592. The average Bonchev–Trinajstić information content (AvgIpc) is 3.05. The van der Waals surface area contributed by atoms with Crippen LogP contribution in [-0.4, -0.2) is 17.6 Å². The first-order chi connectivity index (χ1) is 9.67. The van der Waals surface area contributed by atoms with E-state index in [9.17, 15) is 9.18 Å². The summed E-state index contributed by atoms with van der Waals surface area (Å²) < 4.78 is 13.2. The molecule has 20 heavy (non-hydrogen) atoms. The van der Waals surface area contributed by atoms with E-state index in [-0.39, 0.29) is 18.4 Å². The molecule has 104 valence electrons. The Labute approximate surface area is 117 Å². The summed E-state index contributed by atoms with van der Waals surface area (Å²) in [4.78, 5) is 12.2. The number of carbonyl (C=O) groups excluding carboxylic acids is 1. The van der Waals surface area contributed by atoms with Crippen LogP contribution >= 0.6 is 0 Å². The topological polar surface area (TPSA) is 49.3 Å². The zero-order valence-corrected chi connectivity index (χ0v) is 11.0. The second-order valence-corrected chi connectivity index (χ2v) is 5.56. The third-order valence-electron chi connectivity index (χ3n) is 4.16. The third-order valence-corrected chi connectivity index (χ3v) is 4.16. The van der Waals surface area contributed by atoms with Crippen molar-refractivity contribution in [1.29, 1.82) is 0 Å². The highest BCUT2D eigenvalue weighted by atomic mass is 19.1. The molecule has 2 aliphatic rings. The van der Waals surface area contributed by atoms with Gasteiger partial charge in [-0.05, 0) is 49.3 Å². The minimum absolute atomic E-state index is 0.00384. The van der Waals surface area contributed by atoms with Gasteiger partial charge in [0, 0.05) is 5.92 Å². The van der Waals surface area contributed by atoms with E-state index >= 15 is 0 Å². The van der Waals surface area contributed by atoms with Crippen LogP contribution in [0.5, 0.6) is 0 Å². The van der Waals surface area contributed by atoms with Crippen LogP contribution in [0.1, 0.15) is 24.8 Å². The Morgan fingerprint density at radius 3 is 2.80 bits per heavy atom. The van der Waals surface area contributed by atoms with Crippen molar-refractivity contribution in [1.82, 2.24) is 0 Å². The van der Waals surface area contributed by atoms with Crippen molar-refractivity contribution in [2.45, 2.75) is 19.3 Å². The Morgan fingerprint density at radius 2 is 2.10 bits per heavy atom. The summed E-state index contributed by atoms with van der Waals surface area (Å²) in [6.45, 7) is -0.296. The number of anilines is 1. The van der Waals surface area contributed by atoms with E-state index in [0.717, 1.165) is 24.7 Å². The number of aliphatic hydroxyl groups excluding tert-OH is 1. The molecule has 0 radical (unpaired) electrons. The number of aliphatic hydroxyl groups is 1. The average molecular weight is 273 g/mol. The first-order valence-electron chi connectivity index (χ1n) is 6.87. The van der Waals surface area contributed by atoms with Crippen molar-refractivity contribution in [3.8, 4) is 11.8 Å². The first-order valence-corrected chi connectivity index (χ1v) is 6.87. The van der Waals surface area contributed by atoms with Crippen LogP contribution in [-0.2, 0) is 4.79 Å². The van der Waals surface area contributed by atoms with Gasteiger partial charge in [-0.1, -0.05) is 11.8 Å². The molecule has 2 unspecified atom stereocenters. The Kier molecular flexibility index (Phi) is 3.45. The molecule has 0 heterocycles. The molecule has 1 amide bonds. The molecule has 1 aromatic carbocycles. The molecular formula is C16H16FNO2. The molecular weight excluding hydrogens is 257 g/mol. The second kappa shape index (κ2) is 5.26. The number of fused-ring (bicyclic) bond motifs is 1. The molecule has 2 fully saturated rings. The van der Waals surface area contributed by atoms with Gasteiger partial charge < -0.3 is 10.4 Å². The number of benzene rings is 1. The summed E-state index contributed by atoms with van der Waals surface area (Å²) in [5.41, 5.74) is 0.911. The number of halogens is 1. The summed E-state index contributed by atoms with van der Waals surface area (Å²) in [7, 11) is 0. The zero-order chi connectivity index (χ0) is 14.1. The molecule has 0 spiro atoms. The van der Waals surface area contributed by atoms with Gasteiger partial charge in [-0.2, -0.15) is 0 Å². The van der Waals surface area contributed by atoms with Gasteiger partial charge in [0.25, 0.3) is 0 Å². The summed E-state index contributed by atoms with van der Waals surface area (Å²) in [5, 5.41) is 11.6. The predicted molar refractivity (Wildman–Crippen MR) is 73.3 cm³/mol. The van der Waals surface area contributed by atoms with Gasteiger partial charge in [0.15, 0.2) is 0 Å². The molecule has 0 aliphatic heterocycles. The van der Waals surface area contributed by atoms with Crippen LogP contribution in [0.15, 0.2) is 18.2 Å². The fourth-order valence-electron chi connectivity index (χ4n) is 3.03. The van der Waals surface area contributed by atoms with Crippen LogP contribution in [0.3, 0.4) is 0 Å². The summed E-state index contributed by atoms with van der Waals surface area (Å²) in [6.07, 6.45) is 3.21. The van der Waals surface area contributed by atoms with Gasteiger partial charge in [0.05, 0.1) is 11.3 Å². The molecule has 0 bridgehead atoms. The van der Waals surface area contributed by atoms with Gasteiger partial charge in [-0.3, -0.25) is 4.79 Å². The van der Waals surface area contributed by atoms with E-state index < -0.39 is 5.82 Å². The Balaban J connectivity index is 1.74. The molecule has 4 heteroatoms. The molecule has 2 aliphatic carbocycles. The maximum atomic E-state index is 13.2.